The first-order valence-electron chi connectivity index (χ1n) is 11.9. The number of halogens is 1. The van der Waals surface area contributed by atoms with Crippen molar-refractivity contribution in [1.29, 1.82) is 0 Å². The van der Waals surface area contributed by atoms with Gasteiger partial charge in [0.2, 0.25) is 0 Å². The summed E-state index contributed by atoms with van der Waals surface area (Å²) in [6.45, 7) is 7.26. The highest BCUT2D eigenvalue weighted by Gasteiger charge is 2.25. The molecule has 1 aliphatic rings. The van der Waals surface area contributed by atoms with Gasteiger partial charge in [0.1, 0.15) is 12.4 Å². The second-order valence-corrected chi connectivity index (χ2v) is 8.96. The summed E-state index contributed by atoms with van der Waals surface area (Å²) in [7, 11) is 0. The van der Waals surface area contributed by atoms with Gasteiger partial charge in [-0.3, -0.25) is 0 Å². The lowest BCUT2D eigenvalue weighted by Crippen LogP contribution is -2.51. The second-order valence-electron chi connectivity index (χ2n) is 8.53. The minimum atomic E-state index is -0.890. The first-order chi connectivity index (χ1) is 16.9. The average Bonchev–Trinajstić information content (AvgIpc) is 3.26. The number of amides is 2. The number of carbonyl (C=O) groups is 1. The molecule has 186 valence electrons. The quantitative estimate of drug-likeness (QED) is 0.521. The van der Waals surface area contributed by atoms with E-state index < -0.39 is 12.1 Å². The molecule has 2 atom stereocenters. The van der Waals surface area contributed by atoms with Crippen LogP contribution in [0.25, 0.3) is 5.69 Å². The minimum Gasteiger partial charge on any atom is -0.386 e. The molecule has 0 bridgehead atoms. The van der Waals surface area contributed by atoms with E-state index in [2.05, 4.69) is 15.3 Å². The number of aliphatic hydroxyl groups excluding tert-OH is 1. The number of hydrogen-bond acceptors (Lipinski definition) is 5. The van der Waals surface area contributed by atoms with Gasteiger partial charge in [-0.25, -0.2) is 18.8 Å². The molecule has 0 spiro atoms. The molecule has 1 fully saturated rings. The minimum absolute atomic E-state index is 0.0227. The van der Waals surface area contributed by atoms with Gasteiger partial charge in [0.05, 0.1) is 11.7 Å². The highest BCUT2D eigenvalue weighted by molar-refractivity contribution is 6.30. The Morgan fingerprint density at radius 1 is 1.03 bits per heavy atom. The Morgan fingerprint density at radius 2 is 1.66 bits per heavy atom. The van der Waals surface area contributed by atoms with E-state index in [1.165, 1.54) is 15.6 Å². The molecule has 2 heterocycles. The molecular formula is C25H31ClN6O3. The van der Waals surface area contributed by atoms with Crippen molar-refractivity contribution in [2.45, 2.75) is 32.4 Å². The van der Waals surface area contributed by atoms with Crippen LogP contribution in [-0.4, -0.2) is 63.1 Å². The summed E-state index contributed by atoms with van der Waals surface area (Å²) in [5.74, 6) is 0. The van der Waals surface area contributed by atoms with E-state index >= 15 is 0 Å². The van der Waals surface area contributed by atoms with E-state index in [9.17, 15) is 14.7 Å². The van der Waals surface area contributed by atoms with Crippen molar-refractivity contribution in [1.82, 2.24) is 24.6 Å². The van der Waals surface area contributed by atoms with Gasteiger partial charge in [-0.15, -0.1) is 0 Å². The Labute approximate surface area is 209 Å². The molecule has 3 aromatic rings. The first kappa shape index (κ1) is 24.8. The van der Waals surface area contributed by atoms with E-state index in [1.54, 1.807) is 24.3 Å². The van der Waals surface area contributed by atoms with Crippen LogP contribution in [-0.2, 0) is 0 Å². The van der Waals surface area contributed by atoms with Crippen molar-refractivity contribution >= 4 is 23.3 Å². The smallest absolute Gasteiger partial charge is 0.350 e. The maximum Gasteiger partial charge on any atom is 0.350 e. The van der Waals surface area contributed by atoms with E-state index in [4.69, 9.17) is 11.6 Å². The zero-order valence-corrected chi connectivity index (χ0v) is 20.7. The molecule has 0 saturated carbocycles. The summed E-state index contributed by atoms with van der Waals surface area (Å²) in [6, 6.07) is 14.1. The van der Waals surface area contributed by atoms with Gasteiger partial charge < -0.3 is 20.2 Å². The van der Waals surface area contributed by atoms with Gasteiger partial charge in [0.15, 0.2) is 0 Å². The zero-order chi connectivity index (χ0) is 24.9. The van der Waals surface area contributed by atoms with Gasteiger partial charge in [-0.2, -0.15) is 5.10 Å². The molecule has 10 heteroatoms. The molecule has 1 aliphatic heterocycles. The van der Waals surface area contributed by atoms with Gasteiger partial charge in [-0.1, -0.05) is 30.7 Å². The summed E-state index contributed by atoms with van der Waals surface area (Å²) in [5.41, 5.74) is 2.10. The van der Waals surface area contributed by atoms with E-state index in [0.717, 1.165) is 18.8 Å². The Kier molecular flexibility index (Phi) is 7.77. The first-order valence-corrected chi connectivity index (χ1v) is 12.3. The van der Waals surface area contributed by atoms with Gasteiger partial charge in [0.25, 0.3) is 0 Å². The van der Waals surface area contributed by atoms with Crippen molar-refractivity contribution in [3.05, 3.63) is 75.9 Å². The van der Waals surface area contributed by atoms with E-state index in [1.807, 2.05) is 43.0 Å². The lowest BCUT2D eigenvalue weighted by atomic mass is 10.0. The molecular weight excluding hydrogens is 468 g/mol. The number of urea groups is 1. The second kappa shape index (κ2) is 11.0. The number of nitrogens with zero attached hydrogens (tertiary/aromatic N) is 5. The van der Waals surface area contributed by atoms with Gasteiger partial charge in [-0.05, 0) is 55.3 Å². The van der Waals surface area contributed by atoms with Crippen molar-refractivity contribution in [2.75, 3.05) is 37.6 Å². The topological polar surface area (TPSA) is 95.6 Å². The predicted molar refractivity (Wildman–Crippen MR) is 136 cm³/mol. The molecule has 9 nitrogen and oxygen atoms in total. The number of hydrogen-bond donors (Lipinski definition) is 2. The Balaban J connectivity index is 1.47. The molecule has 0 radical (unpaired) electrons. The zero-order valence-electron chi connectivity index (χ0n) is 20.0. The normalized spacial score (nSPS) is 15.7. The summed E-state index contributed by atoms with van der Waals surface area (Å²) >= 11 is 5.96. The highest BCUT2D eigenvalue weighted by Crippen LogP contribution is 2.28. The molecule has 4 rings (SSSR count). The number of anilines is 1. The van der Waals surface area contributed by atoms with Crippen molar-refractivity contribution in [2.24, 2.45) is 0 Å². The maximum absolute atomic E-state index is 13.2. The average molecular weight is 499 g/mol. The Bertz CT molecular complexity index is 1180. The number of nitrogens with one attached hydrogen (secondary N) is 1. The number of benzene rings is 2. The van der Waals surface area contributed by atoms with Crippen molar-refractivity contribution in [3.63, 3.8) is 0 Å². The van der Waals surface area contributed by atoms with Crippen LogP contribution in [0.5, 0.6) is 0 Å². The fourth-order valence-electron chi connectivity index (χ4n) is 4.39. The number of aliphatic hydroxyl groups is 1. The van der Waals surface area contributed by atoms with Crippen molar-refractivity contribution in [3.8, 4) is 5.69 Å². The molecule has 2 N–H and O–H groups in total. The number of piperazine rings is 1. The molecule has 2 amide bonds. The SMILES string of the molecule is CCNC(=O)N1CCN(c2ccc(-n3cnn(C(CC)[C@H](O)c4ccc(Cl)cc4)c3=O)cc2)CC1. The summed E-state index contributed by atoms with van der Waals surface area (Å²) in [5, 5.41) is 18.6. The third-order valence-corrected chi connectivity index (χ3v) is 6.64. The third-order valence-electron chi connectivity index (χ3n) is 6.39. The molecule has 1 unspecified atom stereocenters. The lowest BCUT2D eigenvalue weighted by molar-refractivity contribution is 0.101. The predicted octanol–water partition coefficient (Wildman–Crippen LogP) is 3.22. The monoisotopic (exact) mass is 498 g/mol. The van der Waals surface area contributed by atoms with Crippen LogP contribution in [0.3, 0.4) is 0 Å². The van der Waals surface area contributed by atoms with Crippen molar-refractivity contribution < 1.29 is 9.90 Å². The molecule has 0 aliphatic carbocycles. The summed E-state index contributed by atoms with van der Waals surface area (Å²) in [4.78, 5) is 29.2. The van der Waals surface area contributed by atoms with Crippen LogP contribution in [0.15, 0.2) is 59.7 Å². The van der Waals surface area contributed by atoms with Crippen LogP contribution in [0, 0.1) is 0 Å². The van der Waals surface area contributed by atoms with Gasteiger partial charge >= 0.3 is 11.7 Å². The summed E-state index contributed by atoms with van der Waals surface area (Å²) < 4.78 is 2.82. The van der Waals surface area contributed by atoms with Crippen LogP contribution >= 0.6 is 11.6 Å². The fraction of sp³-hybridized carbons (Fsp3) is 0.400. The number of carbonyl (C=O) groups excluding carboxylic acids is 1. The van der Waals surface area contributed by atoms with Gasteiger partial charge in [0, 0.05) is 43.4 Å². The van der Waals surface area contributed by atoms with Crippen LogP contribution in [0.4, 0.5) is 10.5 Å². The number of aromatic nitrogens is 3. The van der Waals surface area contributed by atoms with E-state index in [-0.39, 0.29) is 11.7 Å². The molecule has 1 saturated heterocycles. The van der Waals surface area contributed by atoms with Crippen LogP contribution in [0.1, 0.15) is 38.0 Å². The Hall–Kier alpha value is -3.30. The Morgan fingerprint density at radius 3 is 2.26 bits per heavy atom. The molecule has 2 aromatic carbocycles. The maximum atomic E-state index is 13.2. The van der Waals surface area contributed by atoms with Crippen LogP contribution < -0.4 is 15.9 Å². The standard InChI is InChI=1S/C25H31ClN6O3/c1-3-22(23(33)18-5-7-19(26)8-6-18)32-25(35)31(17-28-32)21-11-9-20(10-12-21)29-13-15-30(16-14-29)24(34)27-4-2/h5-12,17,22-23,33H,3-4,13-16H2,1-2H3,(H,27,34)/t22?,23-/m1/s1. The number of rotatable bonds is 7. The molecule has 35 heavy (non-hydrogen) atoms. The van der Waals surface area contributed by atoms with Crippen LogP contribution in [0.2, 0.25) is 5.02 Å². The van der Waals surface area contributed by atoms with E-state index in [0.29, 0.717) is 42.3 Å². The summed E-state index contributed by atoms with van der Waals surface area (Å²) in [6.07, 6.45) is 1.13. The molecule has 1 aromatic heterocycles. The largest absolute Gasteiger partial charge is 0.386 e. The third kappa shape index (κ3) is 5.36. The lowest BCUT2D eigenvalue weighted by Gasteiger charge is -2.36. The highest BCUT2D eigenvalue weighted by atomic mass is 35.5. The fourth-order valence-corrected chi connectivity index (χ4v) is 4.51.